The number of aryl methyl sites for hydroxylation is 1. The Morgan fingerprint density at radius 1 is 1.24 bits per heavy atom. The van der Waals surface area contributed by atoms with Crippen LogP contribution in [0.25, 0.3) is 0 Å². The Morgan fingerprint density at radius 3 is 2.88 bits per heavy atom. The van der Waals surface area contributed by atoms with Gasteiger partial charge in [0.1, 0.15) is 5.75 Å². The van der Waals surface area contributed by atoms with Gasteiger partial charge in [-0.15, -0.1) is 0 Å². The zero-order valence-corrected chi connectivity index (χ0v) is 15.3. The number of ether oxygens (including phenoxy) is 1. The minimum Gasteiger partial charge on any atom is -0.493 e. The molecule has 0 spiro atoms. The van der Waals surface area contributed by atoms with E-state index in [0.717, 1.165) is 31.3 Å². The maximum absolute atomic E-state index is 5.74. The highest BCUT2D eigenvalue weighted by Gasteiger charge is 2.21. The largest absolute Gasteiger partial charge is 0.493 e. The van der Waals surface area contributed by atoms with E-state index >= 15 is 0 Å². The van der Waals surface area contributed by atoms with Gasteiger partial charge in [-0.2, -0.15) is 0 Å². The Balaban J connectivity index is 1.61. The minimum absolute atomic E-state index is 0.227. The molecule has 2 aromatic rings. The van der Waals surface area contributed by atoms with Crippen LogP contribution >= 0.6 is 0 Å². The van der Waals surface area contributed by atoms with Crippen LogP contribution in [0.1, 0.15) is 42.0 Å². The van der Waals surface area contributed by atoms with E-state index in [-0.39, 0.29) is 6.04 Å². The number of para-hydroxylation sites is 1. The Labute approximate surface area is 150 Å². The molecule has 2 N–H and O–H groups in total. The second-order valence-electron chi connectivity index (χ2n) is 6.64. The van der Waals surface area contributed by atoms with Gasteiger partial charge in [-0.25, -0.2) is 0 Å². The zero-order chi connectivity index (χ0) is 17.6. The molecule has 0 amide bonds. The number of nitrogens with zero attached hydrogens (tertiary/aromatic N) is 1. The Bertz CT molecular complexity index is 741. The van der Waals surface area contributed by atoms with Gasteiger partial charge in [-0.1, -0.05) is 55.0 Å². The van der Waals surface area contributed by atoms with Crippen molar-refractivity contribution in [3.63, 3.8) is 0 Å². The monoisotopic (exact) mass is 337 g/mol. The fraction of sp³-hybridized carbons (Fsp3) is 0.381. The maximum atomic E-state index is 5.74. The average Bonchev–Trinajstić information content (AvgIpc) is 2.65. The van der Waals surface area contributed by atoms with Crippen LogP contribution in [0.4, 0.5) is 0 Å². The first-order valence-electron chi connectivity index (χ1n) is 8.93. The Hall–Kier alpha value is -2.49. The lowest BCUT2D eigenvalue weighted by Gasteiger charge is -2.28. The van der Waals surface area contributed by atoms with Gasteiger partial charge in [-0.3, -0.25) is 4.99 Å². The first-order chi connectivity index (χ1) is 12.2. The molecule has 4 nitrogen and oxygen atoms in total. The molecule has 4 heteroatoms. The summed E-state index contributed by atoms with van der Waals surface area (Å²) in [6, 6.07) is 17.1. The highest BCUT2D eigenvalue weighted by Crippen LogP contribution is 2.31. The lowest BCUT2D eigenvalue weighted by Crippen LogP contribution is -2.42. The van der Waals surface area contributed by atoms with Gasteiger partial charge in [0.05, 0.1) is 12.6 Å². The van der Waals surface area contributed by atoms with Crippen LogP contribution in [-0.4, -0.2) is 26.2 Å². The van der Waals surface area contributed by atoms with Crippen LogP contribution in [0.15, 0.2) is 53.5 Å². The maximum Gasteiger partial charge on any atom is 0.191 e. The van der Waals surface area contributed by atoms with Crippen molar-refractivity contribution in [3.8, 4) is 5.75 Å². The number of nitrogens with one attached hydrogen (secondary N) is 2. The number of fused-ring (bicyclic) bond motifs is 1. The van der Waals surface area contributed by atoms with Crippen molar-refractivity contribution >= 4 is 5.96 Å². The quantitative estimate of drug-likeness (QED) is 0.659. The molecule has 0 bridgehead atoms. The summed E-state index contributed by atoms with van der Waals surface area (Å²) >= 11 is 0. The average molecular weight is 337 g/mol. The number of benzene rings is 2. The zero-order valence-electron chi connectivity index (χ0n) is 15.3. The Morgan fingerprint density at radius 2 is 2.08 bits per heavy atom. The summed E-state index contributed by atoms with van der Waals surface area (Å²) in [6.45, 7) is 5.94. The summed E-state index contributed by atoms with van der Waals surface area (Å²) in [4.78, 5) is 4.39. The third-order valence-electron chi connectivity index (χ3n) is 4.68. The van der Waals surface area contributed by atoms with Crippen molar-refractivity contribution in [2.75, 3.05) is 20.2 Å². The summed E-state index contributed by atoms with van der Waals surface area (Å²) in [5.41, 5.74) is 3.84. The van der Waals surface area contributed by atoms with Crippen LogP contribution < -0.4 is 15.4 Å². The molecule has 0 aliphatic carbocycles. The molecule has 2 aromatic carbocycles. The molecule has 2 atom stereocenters. The highest BCUT2D eigenvalue weighted by atomic mass is 16.5. The lowest BCUT2D eigenvalue weighted by molar-refractivity contribution is 0.261. The molecule has 25 heavy (non-hydrogen) atoms. The van der Waals surface area contributed by atoms with E-state index in [1.807, 2.05) is 19.2 Å². The van der Waals surface area contributed by atoms with E-state index in [0.29, 0.717) is 5.92 Å². The Kier molecular flexibility index (Phi) is 5.59. The van der Waals surface area contributed by atoms with E-state index in [1.165, 1.54) is 16.7 Å². The van der Waals surface area contributed by atoms with Crippen LogP contribution in [-0.2, 0) is 0 Å². The van der Waals surface area contributed by atoms with Crippen LogP contribution in [0.5, 0.6) is 5.75 Å². The predicted octanol–water partition coefficient (Wildman–Crippen LogP) is 3.79. The molecule has 1 aliphatic heterocycles. The molecule has 2 unspecified atom stereocenters. The summed E-state index contributed by atoms with van der Waals surface area (Å²) in [7, 11) is 1.82. The second kappa shape index (κ2) is 8.06. The normalized spacial score (nSPS) is 18.0. The van der Waals surface area contributed by atoms with Crippen LogP contribution in [0.2, 0.25) is 0 Å². The van der Waals surface area contributed by atoms with Crippen molar-refractivity contribution in [2.45, 2.75) is 32.2 Å². The molecule has 0 saturated heterocycles. The van der Waals surface area contributed by atoms with E-state index in [1.54, 1.807) is 0 Å². The SMILES string of the molecule is CN=C(NCC(C)c1cccc(C)c1)NC1CCOc2ccccc21. The molecule has 0 fully saturated rings. The van der Waals surface area contributed by atoms with Gasteiger partial charge < -0.3 is 15.4 Å². The standard InChI is InChI=1S/C21H27N3O/c1-15-7-6-8-17(13-15)16(2)14-23-21(22-3)24-19-11-12-25-20-10-5-4-9-18(19)20/h4-10,13,16,19H,11-12,14H2,1-3H3,(H2,22,23,24). The molecule has 1 heterocycles. The molecule has 0 aromatic heterocycles. The van der Waals surface area contributed by atoms with E-state index < -0.39 is 0 Å². The van der Waals surface area contributed by atoms with Crippen LogP contribution in [0.3, 0.4) is 0 Å². The van der Waals surface area contributed by atoms with Crippen molar-refractivity contribution in [2.24, 2.45) is 4.99 Å². The molecule has 3 rings (SSSR count). The summed E-state index contributed by atoms with van der Waals surface area (Å²) in [6.07, 6.45) is 0.936. The number of hydrogen-bond acceptors (Lipinski definition) is 2. The van der Waals surface area contributed by atoms with E-state index in [2.05, 4.69) is 65.9 Å². The third kappa shape index (κ3) is 4.32. The van der Waals surface area contributed by atoms with Gasteiger partial charge >= 0.3 is 0 Å². The molecule has 0 saturated carbocycles. The van der Waals surface area contributed by atoms with Gasteiger partial charge in [-0.05, 0) is 24.5 Å². The van der Waals surface area contributed by atoms with Gasteiger partial charge in [0, 0.05) is 25.6 Å². The van der Waals surface area contributed by atoms with Crippen molar-refractivity contribution < 1.29 is 4.74 Å². The first-order valence-corrected chi connectivity index (χ1v) is 8.93. The molecule has 0 radical (unpaired) electrons. The molecular formula is C21H27N3O. The van der Waals surface area contributed by atoms with Gasteiger partial charge in [0.25, 0.3) is 0 Å². The smallest absolute Gasteiger partial charge is 0.191 e. The molecule has 132 valence electrons. The van der Waals surface area contributed by atoms with E-state index in [4.69, 9.17) is 4.74 Å². The number of hydrogen-bond donors (Lipinski definition) is 2. The second-order valence-corrected chi connectivity index (χ2v) is 6.64. The molecular weight excluding hydrogens is 310 g/mol. The molecule has 1 aliphatic rings. The summed E-state index contributed by atoms with van der Waals surface area (Å²) < 4.78 is 5.74. The topological polar surface area (TPSA) is 45.7 Å². The highest BCUT2D eigenvalue weighted by molar-refractivity contribution is 5.80. The third-order valence-corrected chi connectivity index (χ3v) is 4.68. The van der Waals surface area contributed by atoms with Crippen LogP contribution in [0, 0.1) is 6.92 Å². The minimum atomic E-state index is 0.227. The van der Waals surface area contributed by atoms with Gasteiger partial charge in [0.2, 0.25) is 0 Å². The van der Waals surface area contributed by atoms with Gasteiger partial charge in [0.15, 0.2) is 5.96 Å². The summed E-state index contributed by atoms with van der Waals surface area (Å²) in [5, 5.41) is 7.00. The lowest BCUT2D eigenvalue weighted by atomic mass is 9.99. The number of rotatable bonds is 4. The van der Waals surface area contributed by atoms with Crippen molar-refractivity contribution in [1.82, 2.24) is 10.6 Å². The van der Waals surface area contributed by atoms with E-state index in [9.17, 15) is 0 Å². The first kappa shape index (κ1) is 17.3. The predicted molar refractivity (Wildman–Crippen MR) is 103 cm³/mol. The number of aliphatic imine (C=N–C) groups is 1. The fourth-order valence-electron chi connectivity index (χ4n) is 3.20. The summed E-state index contributed by atoms with van der Waals surface area (Å²) in [5.74, 6) is 2.22. The van der Waals surface area contributed by atoms with Crippen molar-refractivity contribution in [1.29, 1.82) is 0 Å². The number of guanidine groups is 1. The fourth-order valence-corrected chi connectivity index (χ4v) is 3.20. The van der Waals surface area contributed by atoms with Crippen molar-refractivity contribution in [3.05, 3.63) is 65.2 Å².